The molecule has 0 bridgehead atoms. The van der Waals surface area contributed by atoms with Crippen molar-refractivity contribution in [1.29, 1.82) is 0 Å². The third-order valence-corrected chi connectivity index (χ3v) is 8.88. The maximum absolute atomic E-state index is 13.6. The Morgan fingerprint density at radius 3 is 1.71 bits per heavy atom. The van der Waals surface area contributed by atoms with Gasteiger partial charge >= 0.3 is 0 Å². The minimum absolute atomic E-state index is 0.00149. The summed E-state index contributed by atoms with van der Waals surface area (Å²) in [6.07, 6.45) is 0. The molecule has 0 heterocycles. The van der Waals surface area contributed by atoms with Gasteiger partial charge in [0.05, 0.1) is 24.0 Å². The smallest absolute Gasteiger partial charge is 0.243 e. The van der Waals surface area contributed by atoms with E-state index in [1.165, 1.54) is 56.9 Å². The summed E-state index contributed by atoms with van der Waals surface area (Å²) >= 11 is 0. The van der Waals surface area contributed by atoms with Crippen LogP contribution in [0.4, 0.5) is 0 Å². The molecule has 0 radical (unpaired) electrons. The molecule has 0 atom stereocenters. The summed E-state index contributed by atoms with van der Waals surface area (Å²) < 4.78 is 65.0. The Kier molecular flexibility index (Phi) is 7.98. The zero-order valence-electron chi connectivity index (χ0n) is 19.5. The molecule has 0 spiro atoms. The lowest BCUT2D eigenvalue weighted by Crippen LogP contribution is -2.30. The predicted molar refractivity (Wildman–Crippen MR) is 130 cm³/mol. The Morgan fingerprint density at radius 2 is 1.18 bits per heavy atom. The Balaban J connectivity index is 2.00. The van der Waals surface area contributed by atoms with Crippen LogP contribution in [0.5, 0.6) is 11.5 Å². The van der Waals surface area contributed by atoms with E-state index in [4.69, 9.17) is 9.47 Å². The number of ether oxygens (including phenoxy) is 2. The highest BCUT2D eigenvalue weighted by Gasteiger charge is 2.26. The zero-order chi connectivity index (χ0) is 24.9. The van der Waals surface area contributed by atoms with Crippen molar-refractivity contribution in [3.8, 4) is 11.5 Å². The van der Waals surface area contributed by atoms with Crippen molar-refractivity contribution in [2.75, 3.05) is 28.3 Å². The number of hydrogen-bond acceptors (Lipinski definition) is 6. The number of rotatable bonds is 10. The first-order valence-corrected chi connectivity index (χ1v) is 13.2. The van der Waals surface area contributed by atoms with Crippen LogP contribution in [0, 0.1) is 0 Å². The van der Waals surface area contributed by atoms with Crippen LogP contribution in [-0.4, -0.2) is 53.8 Å². The van der Waals surface area contributed by atoms with Crippen molar-refractivity contribution in [2.24, 2.45) is 0 Å². The molecule has 0 unspecified atom stereocenters. The van der Waals surface area contributed by atoms with Gasteiger partial charge in [-0.25, -0.2) is 21.1 Å². The number of methoxy groups -OCH3 is 2. The fraction of sp³-hybridized carbons (Fsp3) is 0.250. The summed E-state index contributed by atoms with van der Waals surface area (Å²) in [5.74, 6) is 1.04. The van der Waals surface area contributed by atoms with Gasteiger partial charge in [-0.1, -0.05) is 36.4 Å². The second-order valence-electron chi connectivity index (χ2n) is 7.71. The first kappa shape index (κ1) is 25.7. The minimum Gasteiger partial charge on any atom is -0.493 e. The third-order valence-electron chi connectivity index (χ3n) is 5.25. The first-order chi connectivity index (χ1) is 16.1. The van der Waals surface area contributed by atoms with E-state index in [0.29, 0.717) is 17.1 Å². The van der Waals surface area contributed by atoms with Crippen LogP contribution in [0.2, 0.25) is 0 Å². The second kappa shape index (κ2) is 10.6. The molecule has 34 heavy (non-hydrogen) atoms. The van der Waals surface area contributed by atoms with Crippen LogP contribution in [0.1, 0.15) is 11.1 Å². The Morgan fingerprint density at radius 1 is 0.647 bits per heavy atom. The molecule has 0 aliphatic heterocycles. The highest BCUT2D eigenvalue weighted by molar-refractivity contribution is 7.89. The molecular weight excluding hydrogens is 476 g/mol. The summed E-state index contributed by atoms with van der Waals surface area (Å²) in [5.41, 5.74) is 1.53. The van der Waals surface area contributed by atoms with Crippen LogP contribution in [0.3, 0.4) is 0 Å². The van der Waals surface area contributed by atoms with Gasteiger partial charge in [-0.15, -0.1) is 0 Å². The lowest BCUT2D eigenvalue weighted by molar-refractivity contribution is 0.352. The normalized spacial score (nSPS) is 12.2. The molecule has 8 nitrogen and oxygen atoms in total. The molecule has 182 valence electrons. The molecule has 3 aromatic rings. The van der Waals surface area contributed by atoms with Crippen LogP contribution in [0.25, 0.3) is 0 Å². The lowest BCUT2D eigenvalue weighted by Gasteiger charge is -2.23. The van der Waals surface area contributed by atoms with Crippen molar-refractivity contribution in [1.82, 2.24) is 8.61 Å². The first-order valence-electron chi connectivity index (χ1n) is 10.4. The molecule has 0 N–H and O–H groups in total. The van der Waals surface area contributed by atoms with Crippen LogP contribution in [-0.2, 0) is 33.1 Å². The minimum atomic E-state index is -3.96. The van der Waals surface area contributed by atoms with E-state index in [0.717, 1.165) is 9.87 Å². The van der Waals surface area contributed by atoms with Gasteiger partial charge in [-0.3, -0.25) is 0 Å². The van der Waals surface area contributed by atoms with E-state index >= 15 is 0 Å². The van der Waals surface area contributed by atoms with Crippen molar-refractivity contribution >= 4 is 20.0 Å². The highest BCUT2D eigenvalue weighted by Crippen LogP contribution is 2.30. The van der Waals surface area contributed by atoms with Gasteiger partial charge in [-0.2, -0.15) is 4.31 Å². The summed E-state index contributed by atoms with van der Waals surface area (Å²) in [6.45, 7) is 0.213. The average molecular weight is 505 g/mol. The Labute approximate surface area is 201 Å². The molecule has 0 aliphatic rings. The van der Waals surface area contributed by atoms with E-state index in [-0.39, 0.29) is 22.9 Å². The third kappa shape index (κ3) is 5.58. The van der Waals surface area contributed by atoms with E-state index in [9.17, 15) is 16.8 Å². The van der Waals surface area contributed by atoms with E-state index in [1.807, 2.05) is 30.3 Å². The number of hydrogen-bond donors (Lipinski definition) is 0. The van der Waals surface area contributed by atoms with Gasteiger partial charge in [0.1, 0.15) is 0 Å². The van der Waals surface area contributed by atoms with E-state index in [2.05, 4.69) is 0 Å². The van der Waals surface area contributed by atoms with Crippen molar-refractivity contribution < 1.29 is 26.3 Å². The highest BCUT2D eigenvalue weighted by atomic mass is 32.2. The van der Waals surface area contributed by atoms with Crippen LogP contribution >= 0.6 is 0 Å². The summed E-state index contributed by atoms with van der Waals surface area (Å²) in [4.78, 5) is 0.0209. The molecule has 0 saturated heterocycles. The van der Waals surface area contributed by atoms with Crippen molar-refractivity contribution in [3.05, 3.63) is 83.9 Å². The summed E-state index contributed by atoms with van der Waals surface area (Å²) in [6, 6.07) is 19.7. The van der Waals surface area contributed by atoms with Crippen molar-refractivity contribution in [3.63, 3.8) is 0 Å². The molecule has 0 aliphatic carbocycles. The molecule has 3 aromatic carbocycles. The largest absolute Gasteiger partial charge is 0.493 e. The van der Waals surface area contributed by atoms with Gasteiger partial charge in [0, 0.05) is 27.2 Å². The SMILES string of the molecule is COc1ccc(CN(Cc2ccccc2)S(=O)(=O)c2ccc(S(=O)(=O)N(C)C)cc2)cc1OC. The fourth-order valence-corrected chi connectivity index (χ4v) is 5.66. The molecule has 0 fully saturated rings. The fourth-order valence-electron chi connectivity index (χ4n) is 3.34. The standard InChI is InChI=1S/C24H28N2O6S2/c1-25(2)33(27,28)21-11-13-22(14-12-21)34(29,30)26(17-19-8-6-5-7-9-19)18-20-10-15-23(31-3)24(16-20)32-4/h5-16H,17-18H2,1-4H3. The lowest BCUT2D eigenvalue weighted by atomic mass is 10.2. The maximum Gasteiger partial charge on any atom is 0.243 e. The van der Waals surface area contributed by atoms with Gasteiger partial charge in [0.2, 0.25) is 20.0 Å². The van der Waals surface area contributed by atoms with Gasteiger partial charge in [0.25, 0.3) is 0 Å². The van der Waals surface area contributed by atoms with Crippen LogP contribution in [0.15, 0.2) is 82.6 Å². The number of benzene rings is 3. The molecule has 0 aromatic heterocycles. The number of nitrogens with zero attached hydrogens (tertiary/aromatic N) is 2. The number of sulfonamides is 2. The Hall–Kier alpha value is -2.92. The van der Waals surface area contributed by atoms with Gasteiger partial charge < -0.3 is 9.47 Å². The predicted octanol–water partition coefficient (Wildman–Crippen LogP) is 3.35. The Bertz CT molecular complexity index is 1320. The van der Waals surface area contributed by atoms with E-state index < -0.39 is 20.0 Å². The van der Waals surface area contributed by atoms with Gasteiger partial charge in [0.15, 0.2) is 11.5 Å². The molecule has 3 rings (SSSR count). The zero-order valence-corrected chi connectivity index (χ0v) is 21.1. The monoisotopic (exact) mass is 504 g/mol. The van der Waals surface area contributed by atoms with Crippen LogP contribution < -0.4 is 9.47 Å². The average Bonchev–Trinajstić information content (AvgIpc) is 2.84. The van der Waals surface area contributed by atoms with Crippen molar-refractivity contribution in [2.45, 2.75) is 22.9 Å². The summed E-state index contributed by atoms with van der Waals surface area (Å²) in [5, 5.41) is 0. The quantitative estimate of drug-likeness (QED) is 0.420. The molecule has 0 saturated carbocycles. The molecule has 0 amide bonds. The molecule has 10 heteroatoms. The maximum atomic E-state index is 13.6. The van der Waals surface area contributed by atoms with E-state index in [1.54, 1.807) is 18.2 Å². The second-order valence-corrected chi connectivity index (χ2v) is 11.8. The summed E-state index contributed by atoms with van der Waals surface area (Å²) in [7, 11) is -1.74. The van der Waals surface area contributed by atoms with Gasteiger partial charge in [-0.05, 0) is 47.5 Å². The molecular formula is C24H28N2O6S2. The topological polar surface area (TPSA) is 93.2 Å².